The molecule has 0 saturated carbocycles. The highest BCUT2D eigenvalue weighted by Gasteiger charge is 2.40. The molecule has 3 aromatic rings. The van der Waals surface area contributed by atoms with Crippen LogP contribution in [0.1, 0.15) is 64.1 Å². The lowest BCUT2D eigenvalue weighted by Gasteiger charge is -2.33. The first-order valence-corrected chi connectivity index (χ1v) is 13.3. The molecule has 0 aliphatic carbocycles. The van der Waals surface area contributed by atoms with E-state index in [1.807, 2.05) is 32.4 Å². The summed E-state index contributed by atoms with van der Waals surface area (Å²) >= 11 is 6.18. The number of nitrogens with zero attached hydrogens (tertiary/aromatic N) is 4. The largest absolute Gasteiger partial charge is 0.346 e. The molecule has 1 aromatic heterocycles. The first-order chi connectivity index (χ1) is 18.5. The third-order valence-corrected chi connectivity index (χ3v) is 7.63. The third kappa shape index (κ3) is 5.08. The summed E-state index contributed by atoms with van der Waals surface area (Å²) in [5.41, 5.74) is 1.31. The van der Waals surface area contributed by atoms with Gasteiger partial charge in [-0.15, -0.1) is 0 Å². The van der Waals surface area contributed by atoms with Crippen molar-refractivity contribution in [3.63, 3.8) is 0 Å². The van der Waals surface area contributed by atoms with Crippen LogP contribution in [0.2, 0.25) is 5.02 Å². The lowest BCUT2D eigenvalue weighted by molar-refractivity contribution is 0.0592. The average Bonchev–Trinajstić information content (AvgIpc) is 3.26. The van der Waals surface area contributed by atoms with E-state index in [-0.39, 0.29) is 29.6 Å². The predicted octanol–water partition coefficient (Wildman–Crippen LogP) is 4.62. The molecule has 1 atom stereocenters. The summed E-state index contributed by atoms with van der Waals surface area (Å²) in [7, 11) is 1.96. The molecule has 204 valence electrons. The Morgan fingerprint density at radius 2 is 1.74 bits per heavy atom. The molecule has 0 radical (unpaired) electrons. The Bertz CT molecular complexity index is 1440. The van der Waals surface area contributed by atoms with Crippen LogP contribution in [0.4, 0.5) is 4.39 Å². The van der Waals surface area contributed by atoms with Crippen molar-refractivity contribution in [2.75, 3.05) is 20.1 Å². The van der Waals surface area contributed by atoms with E-state index in [2.05, 4.69) is 15.2 Å². The number of halogens is 2. The van der Waals surface area contributed by atoms with E-state index in [1.54, 1.807) is 24.3 Å². The summed E-state index contributed by atoms with van der Waals surface area (Å²) in [5, 5.41) is 3.41. The molecule has 0 saturated heterocycles. The topological polar surface area (TPSA) is 87.5 Å². The van der Waals surface area contributed by atoms with E-state index >= 15 is 0 Å². The molecule has 5 rings (SSSR count). The van der Waals surface area contributed by atoms with E-state index < -0.39 is 23.2 Å². The van der Waals surface area contributed by atoms with Crippen molar-refractivity contribution in [2.45, 2.75) is 46.3 Å². The molecule has 1 N–H and O–H groups in total. The number of carbonyl (C=O) groups is 3. The van der Waals surface area contributed by atoms with Crippen LogP contribution in [0.5, 0.6) is 0 Å². The van der Waals surface area contributed by atoms with Crippen LogP contribution in [-0.2, 0) is 13.1 Å². The maximum atomic E-state index is 14.9. The van der Waals surface area contributed by atoms with Gasteiger partial charge in [0, 0.05) is 18.1 Å². The Morgan fingerprint density at radius 1 is 1.08 bits per heavy atom. The minimum atomic E-state index is -0.570. The summed E-state index contributed by atoms with van der Waals surface area (Å²) in [6, 6.07) is 10.4. The number of hydrogen-bond donors (Lipinski definition) is 1. The van der Waals surface area contributed by atoms with Gasteiger partial charge in [-0.1, -0.05) is 44.5 Å². The molecule has 0 fully saturated rings. The van der Waals surface area contributed by atoms with E-state index in [1.165, 1.54) is 23.1 Å². The maximum absolute atomic E-state index is 14.9. The molecule has 2 aromatic carbocycles. The number of imide groups is 1. The summed E-state index contributed by atoms with van der Waals surface area (Å²) < 4.78 is 16.8. The number of carbonyl (C=O) groups excluding carboxylic acids is 3. The fourth-order valence-electron chi connectivity index (χ4n) is 5.13. The zero-order valence-electron chi connectivity index (χ0n) is 22.4. The van der Waals surface area contributed by atoms with Crippen molar-refractivity contribution in [1.29, 1.82) is 0 Å². The van der Waals surface area contributed by atoms with Gasteiger partial charge < -0.3 is 14.8 Å². The molecular weight excluding hydrogens is 521 g/mol. The Morgan fingerprint density at radius 3 is 2.38 bits per heavy atom. The van der Waals surface area contributed by atoms with Crippen molar-refractivity contribution < 1.29 is 18.8 Å². The minimum Gasteiger partial charge on any atom is -0.346 e. The smallest absolute Gasteiger partial charge is 0.272 e. The highest BCUT2D eigenvalue weighted by Crippen LogP contribution is 2.31. The molecule has 10 heteroatoms. The number of rotatable bonds is 5. The van der Waals surface area contributed by atoms with Crippen LogP contribution in [0.3, 0.4) is 0 Å². The van der Waals surface area contributed by atoms with E-state index in [9.17, 15) is 18.8 Å². The summed E-state index contributed by atoms with van der Waals surface area (Å²) in [5.74, 6) is -1.34. The molecule has 2 aliphatic heterocycles. The number of nitrogens with one attached hydrogen (secondary N) is 1. The number of benzene rings is 2. The number of fused-ring (bicyclic) bond motifs is 2. The standard InChI is InChI=1S/C29H31ClFN5O3/c1-29(2,3)23(16-36-27(38)18-8-5-6-9-19(18)28(36)39)32-26(37)24-22-15-34(4)12-7-13-35(22)25(33-24)20-14-17(30)10-11-21(20)31/h5-6,8-11,14,23H,7,12-13,15-16H2,1-4H3,(H,32,37). The van der Waals surface area contributed by atoms with E-state index in [0.29, 0.717) is 40.8 Å². The normalized spacial score (nSPS) is 16.6. The van der Waals surface area contributed by atoms with Crippen molar-refractivity contribution in [3.8, 4) is 11.4 Å². The van der Waals surface area contributed by atoms with Crippen LogP contribution in [0.15, 0.2) is 42.5 Å². The van der Waals surface area contributed by atoms with Crippen molar-refractivity contribution >= 4 is 29.3 Å². The lowest BCUT2D eigenvalue weighted by atomic mass is 9.86. The molecule has 3 heterocycles. The Balaban J connectivity index is 1.49. The van der Waals surface area contributed by atoms with Gasteiger partial charge in [0.05, 0.1) is 35.0 Å². The zero-order valence-corrected chi connectivity index (χ0v) is 23.2. The molecule has 0 spiro atoms. The van der Waals surface area contributed by atoms with Gasteiger partial charge in [0.25, 0.3) is 17.7 Å². The van der Waals surface area contributed by atoms with Crippen LogP contribution < -0.4 is 5.32 Å². The van der Waals surface area contributed by atoms with Gasteiger partial charge >= 0.3 is 0 Å². The van der Waals surface area contributed by atoms with Crippen LogP contribution in [0, 0.1) is 11.2 Å². The third-order valence-electron chi connectivity index (χ3n) is 7.39. The molecule has 3 amide bonds. The number of imidazole rings is 1. The fourth-order valence-corrected chi connectivity index (χ4v) is 5.30. The van der Waals surface area contributed by atoms with E-state index in [0.717, 1.165) is 13.0 Å². The summed E-state index contributed by atoms with van der Waals surface area (Å²) in [6.07, 6.45) is 0.806. The van der Waals surface area contributed by atoms with Crippen LogP contribution in [-0.4, -0.2) is 63.3 Å². The highest BCUT2D eigenvalue weighted by atomic mass is 35.5. The number of aromatic nitrogens is 2. The predicted molar refractivity (Wildman–Crippen MR) is 146 cm³/mol. The number of hydrogen-bond acceptors (Lipinski definition) is 5. The average molecular weight is 552 g/mol. The second-order valence-corrected chi connectivity index (χ2v) is 11.7. The van der Waals surface area contributed by atoms with E-state index in [4.69, 9.17) is 11.6 Å². The Kier molecular flexibility index (Phi) is 7.07. The molecular formula is C29H31ClFN5O3. The van der Waals surface area contributed by atoms with Gasteiger partial charge in [0.15, 0.2) is 5.69 Å². The fraction of sp³-hybridized carbons (Fsp3) is 0.379. The minimum absolute atomic E-state index is 0.00725. The summed E-state index contributed by atoms with van der Waals surface area (Å²) in [4.78, 5) is 47.8. The maximum Gasteiger partial charge on any atom is 0.272 e. The van der Waals surface area contributed by atoms with Crippen LogP contribution in [0.25, 0.3) is 11.4 Å². The second kappa shape index (κ2) is 10.2. The number of amides is 3. The highest BCUT2D eigenvalue weighted by molar-refractivity contribution is 6.30. The van der Waals surface area contributed by atoms with Gasteiger partial charge in [-0.25, -0.2) is 9.37 Å². The van der Waals surface area contributed by atoms with Gasteiger partial charge in [-0.05, 0) is 55.8 Å². The molecule has 8 nitrogen and oxygen atoms in total. The lowest BCUT2D eigenvalue weighted by Crippen LogP contribution is -2.52. The monoisotopic (exact) mass is 551 g/mol. The SMILES string of the molecule is CN1CCCn2c(-c3cc(Cl)ccc3F)nc(C(=O)NC(CN3C(=O)c4ccccc4C3=O)C(C)(C)C)c2C1. The van der Waals surface area contributed by atoms with Gasteiger partial charge in [-0.2, -0.15) is 0 Å². The second-order valence-electron chi connectivity index (χ2n) is 11.3. The van der Waals surface area contributed by atoms with Gasteiger partial charge in [-0.3, -0.25) is 19.3 Å². The Hall–Kier alpha value is -3.56. The molecule has 0 bridgehead atoms. The quantitative estimate of drug-likeness (QED) is 0.468. The zero-order chi connectivity index (χ0) is 28.1. The Labute approximate surface area is 231 Å². The summed E-state index contributed by atoms with van der Waals surface area (Å²) in [6.45, 7) is 7.65. The first-order valence-electron chi connectivity index (χ1n) is 12.9. The molecule has 39 heavy (non-hydrogen) atoms. The van der Waals surface area contributed by atoms with Gasteiger partial charge in [0.2, 0.25) is 0 Å². The van der Waals surface area contributed by atoms with Gasteiger partial charge in [0.1, 0.15) is 11.6 Å². The molecule has 2 aliphatic rings. The van der Waals surface area contributed by atoms with Crippen molar-refractivity contribution in [3.05, 3.63) is 75.8 Å². The van der Waals surface area contributed by atoms with Crippen molar-refractivity contribution in [1.82, 2.24) is 24.7 Å². The first kappa shape index (κ1) is 27.0. The molecule has 1 unspecified atom stereocenters. The van der Waals surface area contributed by atoms with Crippen LogP contribution >= 0.6 is 11.6 Å². The van der Waals surface area contributed by atoms with Crippen molar-refractivity contribution in [2.24, 2.45) is 5.41 Å².